The van der Waals surface area contributed by atoms with Crippen LogP contribution >= 0.6 is 11.8 Å². The molecule has 35 heavy (non-hydrogen) atoms. The number of carbonyl (C=O) groups is 1. The van der Waals surface area contributed by atoms with E-state index in [1.807, 2.05) is 0 Å². The van der Waals surface area contributed by atoms with Gasteiger partial charge in [-0.3, -0.25) is 9.69 Å². The number of ether oxygens (including phenoxy) is 1. The Balaban J connectivity index is 1.78. The van der Waals surface area contributed by atoms with Crippen LogP contribution in [0.1, 0.15) is 59.6 Å². The number of nitrogens with zero attached hydrogens (tertiary/aromatic N) is 1. The SMILES string of the molecule is COc1cc(C(F)(F)F)cc(SC)c1C(=O)NC(c1cc(F)cc(F)c1)C1(N2CCCC2)CCC1. The minimum absolute atomic E-state index is 0.0363. The maximum atomic E-state index is 14.2. The van der Waals surface area contributed by atoms with E-state index in [0.29, 0.717) is 5.56 Å². The molecule has 2 fully saturated rings. The van der Waals surface area contributed by atoms with Crippen molar-refractivity contribution in [3.63, 3.8) is 0 Å². The number of benzene rings is 2. The van der Waals surface area contributed by atoms with Crippen LogP contribution in [0.15, 0.2) is 35.2 Å². The van der Waals surface area contributed by atoms with Gasteiger partial charge in [0.2, 0.25) is 0 Å². The largest absolute Gasteiger partial charge is 0.496 e. The summed E-state index contributed by atoms with van der Waals surface area (Å²) in [6.07, 6.45) is 1.31. The first kappa shape index (κ1) is 25.8. The Morgan fingerprint density at radius 2 is 1.69 bits per heavy atom. The fourth-order valence-corrected chi connectivity index (χ4v) is 5.90. The number of thioether (sulfide) groups is 1. The first-order chi connectivity index (χ1) is 16.6. The lowest BCUT2D eigenvalue weighted by molar-refractivity contribution is -0.137. The predicted octanol–water partition coefficient (Wildman–Crippen LogP) is 6.20. The topological polar surface area (TPSA) is 41.6 Å². The first-order valence-electron chi connectivity index (χ1n) is 11.4. The van der Waals surface area contributed by atoms with Crippen LogP contribution in [0.5, 0.6) is 5.75 Å². The zero-order chi connectivity index (χ0) is 25.4. The fraction of sp³-hybridized carbons (Fsp3) is 0.480. The van der Waals surface area contributed by atoms with E-state index in [1.165, 1.54) is 19.2 Å². The third-order valence-electron chi connectivity index (χ3n) is 7.05. The van der Waals surface area contributed by atoms with Gasteiger partial charge in [0.05, 0.1) is 24.3 Å². The summed E-state index contributed by atoms with van der Waals surface area (Å²) in [4.78, 5) is 16.0. The zero-order valence-corrected chi connectivity index (χ0v) is 20.3. The summed E-state index contributed by atoms with van der Waals surface area (Å²) in [6, 6.07) is 4.15. The molecular formula is C25H27F5N2O2S. The second kappa shape index (κ2) is 9.97. The molecule has 1 amide bonds. The highest BCUT2D eigenvalue weighted by molar-refractivity contribution is 7.98. The Bertz CT molecular complexity index is 1050. The average molecular weight is 515 g/mol. The van der Waals surface area contributed by atoms with Gasteiger partial charge in [-0.2, -0.15) is 13.2 Å². The molecule has 1 saturated carbocycles. The second-order valence-electron chi connectivity index (χ2n) is 9.01. The second-order valence-corrected chi connectivity index (χ2v) is 9.86. The third-order valence-corrected chi connectivity index (χ3v) is 7.81. The van der Waals surface area contributed by atoms with Crippen molar-refractivity contribution in [2.75, 3.05) is 26.5 Å². The zero-order valence-electron chi connectivity index (χ0n) is 19.5. The normalized spacial score (nSPS) is 18.7. The van der Waals surface area contributed by atoms with Crippen LogP contribution in [-0.4, -0.2) is 42.8 Å². The summed E-state index contributed by atoms with van der Waals surface area (Å²) < 4.78 is 73.9. The smallest absolute Gasteiger partial charge is 0.416 e. The van der Waals surface area contributed by atoms with Gasteiger partial charge in [-0.25, -0.2) is 8.78 Å². The molecule has 1 saturated heterocycles. The molecule has 2 aliphatic rings. The summed E-state index contributed by atoms with van der Waals surface area (Å²) >= 11 is 0.993. The van der Waals surface area contributed by atoms with Crippen molar-refractivity contribution < 1.29 is 31.5 Å². The average Bonchev–Trinajstić information content (AvgIpc) is 3.30. The molecule has 1 N–H and O–H groups in total. The molecule has 2 aromatic carbocycles. The predicted molar refractivity (Wildman–Crippen MR) is 124 cm³/mol. The van der Waals surface area contributed by atoms with E-state index in [-0.39, 0.29) is 16.2 Å². The van der Waals surface area contributed by atoms with Gasteiger partial charge in [-0.15, -0.1) is 11.8 Å². The number of rotatable bonds is 7. The Morgan fingerprint density at radius 3 is 2.17 bits per heavy atom. The van der Waals surface area contributed by atoms with E-state index < -0.39 is 40.9 Å². The van der Waals surface area contributed by atoms with Gasteiger partial charge in [-0.05, 0) is 81.3 Å². The van der Waals surface area contributed by atoms with E-state index in [1.54, 1.807) is 6.26 Å². The minimum Gasteiger partial charge on any atom is -0.496 e. The van der Waals surface area contributed by atoms with E-state index in [0.717, 1.165) is 75.2 Å². The van der Waals surface area contributed by atoms with Crippen molar-refractivity contribution in [2.45, 2.75) is 54.8 Å². The number of methoxy groups -OCH3 is 1. The molecule has 1 unspecified atom stereocenters. The van der Waals surface area contributed by atoms with Crippen LogP contribution in [0, 0.1) is 11.6 Å². The lowest BCUT2D eigenvalue weighted by Crippen LogP contribution is -2.60. The number of likely N-dealkylation sites (tertiary alicyclic amines) is 1. The highest BCUT2D eigenvalue weighted by Crippen LogP contribution is 2.49. The van der Waals surface area contributed by atoms with Crippen molar-refractivity contribution in [1.29, 1.82) is 0 Å². The maximum absolute atomic E-state index is 14.2. The van der Waals surface area contributed by atoms with Gasteiger partial charge in [0.1, 0.15) is 17.4 Å². The Kier molecular flexibility index (Phi) is 7.33. The Morgan fingerprint density at radius 1 is 1.06 bits per heavy atom. The molecule has 0 radical (unpaired) electrons. The van der Waals surface area contributed by atoms with Gasteiger partial charge in [0, 0.05) is 16.5 Å². The van der Waals surface area contributed by atoms with Crippen LogP contribution < -0.4 is 10.1 Å². The quantitative estimate of drug-likeness (QED) is 0.353. The van der Waals surface area contributed by atoms with Crippen LogP contribution in [0.4, 0.5) is 22.0 Å². The first-order valence-corrected chi connectivity index (χ1v) is 12.7. The third kappa shape index (κ3) is 5.00. The van der Waals surface area contributed by atoms with Crippen LogP contribution in [0.3, 0.4) is 0 Å². The Labute approximate surface area is 205 Å². The van der Waals surface area contributed by atoms with Crippen molar-refractivity contribution in [3.05, 3.63) is 58.7 Å². The van der Waals surface area contributed by atoms with Crippen LogP contribution in [0.25, 0.3) is 0 Å². The van der Waals surface area contributed by atoms with Crippen molar-refractivity contribution in [2.24, 2.45) is 0 Å². The maximum Gasteiger partial charge on any atom is 0.416 e. The number of hydrogen-bond donors (Lipinski definition) is 1. The molecule has 1 aliphatic heterocycles. The lowest BCUT2D eigenvalue weighted by Gasteiger charge is -2.54. The van der Waals surface area contributed by atoms with Crippen LogP contribution in [-0.2, 0) is 6.18 Å². The fourth-order valence-electron chi connectivity index (χ4n) is 5.26. The molecule has 2 aromatic rings. The summed E-state index contributed by atoms with van der Waals surface area (Å²) in [5.74, 6) is -2.38. The van der Waals surface area contributed by atoms with E-state index >= 15 is 0 Å². The molecule has 190 valence electrons. The molecule has 1 aliphatic carbocycles. The summed E-state index contributed by atoms with van der Waals surface area (Å²) in [6.45, 7) is 1.62. The number of nitrogens with one attached hydrogen (secondary N) is 1. The number of alkyl halides is 3. The molecule has 10 heteroatoms. The van der Waals surface area contributed by atoms with Crippen molar-refractivity contribution in [3.8, 4) is 5.75 Å². The highest BCUT2D eigenvalue weighted by atomic mass is 32.2. The monoisotopic (exact) mass is 514 g/mol. The van der Waals surface area contributed by atoms with Gasteiger partial charge >= 0.3 is 6.18 Å². The lowest BCUT2D eigenvalue weighted by atomic mass is 9.68. The molecular weight excluding hydrogens is 487 g/mol. The Hall–Kier alpha value is -2.33. The highest BCUT2D eigenvalue weighted by Gasteiger charge is 2.50. The summed E-state index contributed by atoms with van der Waals surface area (Å²) in [5, 5.41) is 2.94. The summed E-state index contributed by atoms with van der Waals surface area (Å²) in [5.41, 5.74) is -1.19. The van der Waals surface area contributed by atoms with E-state index in [4.69, 9.17) is 4.74 Å². The van der Waals surface area contributed by atoms with E-state index in [2.05, 4.69) is 10.2 Å². The molecule has 0 aromatic heterocycles. The molecule has 4 nitrogen and oxygen atoms in total. The molecule has 0 spiro atoms. The molecule has 0 bridgehead atoms. The molecule has 1 heterocycles. The van der Waals surface area contributed by atoms with Gasteiger partial charge in [0.15, 0.2) is 0 Å². The number of amides is 1. The minimum atomic E-state index is -4.61. The number of hydrogen-bond acceptors (Lipinski definition) is 4. The summed E-state index contributed by atoms with van der Waals surface area (Å²) in [7, 11) is 1.20. The van der Waals surface area contributed by atoms with Crippen molar-refractivity contribution >= 4 is 17.7 Å². The standard InChI is InChI=1S/C25H27F5N2O2S/c1-34-19-12-16(25(28,29)30)13-20(35-2)21(19)23(33)31-22(15-10-17(26)14-18(27)11-15)24(6-5-7-24)32-8-3-4-9-32/h10-14,22H,3-9H2,1-2H3,(H,31,33). The van der Waals surface area contributed by atoms with Crippen LogP contribution in [0.2, 0.25) is 0 Å². The molecule has 4 rings (SSSR count). The van der Waals surface area contributed by atoms with Gasteiger partial charge in [-0.1, -0.05) is 0 Å². The molecule has 1 atom stereocenters. The number of halogens is 5. The van der Waals surface area contributed by atoms with Crippen molar-refractivity contribution in [1.82, 2.24) is 10.2 Å². The van der Waals surface area contributed by atoms with Gasteiger partial charge in [0.25, 0.3) is 5.91 Å². The number of carbonyl (C=O) groups excluding carboxylic acids is 1. The van der Waals surface area contributed by atoms with E-state index in [9.17, 15) is 26.7 Å². The van der Waals surface area contributed by atoms with Gasteiger partial charge < -0.3 is 10.1 Å².